The van der Waals surface area contributed by atoms with Crippen molar-refractivity contribution in [3.05, 3.63) is 50.7 Å². The van der Waals surface area contributed by atoms with Gasteiger partial charge in [-0.1, -0.05) is 17.7 Å². The zero-order valence-corrected chi connectivity index (χ0v) is 16.3. The molecule has 0 aliphatic rings. The van der Waals surface area contributed by atoms with Crippen molar-refractivity contribution in [2.45, 2.75) is 20.8 Å². The van der Waals surface area contributed by atoms with Crippen molar-refractivity contribution >= 4 is 49.6 Å². The van der Waals surface area contributed by atoms with Crippen molar-refractivity contribution in [1.82, 2.24) is 0 Å². The van der Waals surface area contributed by atoms with E-state index >= 15 is 0 Å². The van der Waals surface area contributed by atoms with Crippen LogP contribution in [0.15, 0.2) is 34.3 Å². The third-order valence-electron chi connectivity index (χ3n) is 2.86. The van der Waals surface area contributed by atoms with E-state index in [4.69, 9.17) is 20.2 Å². The number of halogens is 2. The summed E-state index contributed by atoms with van der Waals surface area (Å²) in [5.74, 6) is 0. The molecule has 2 nitrogen and oxygen atoms in total. The van der Waals surface area contributed by atoms with E-state index in [0.717, 1.165) is 15.4 Å². The van der Waals surface area contributed by atoms with Crippen LogP contribution < -0.4 is 0 Å². The molecule has 0 atom stereocenters. The van der Waals surface area contributed by atoms with Gasteiger partial charge in [-0.25, -0.2) is 0 Å². The summed E-state index contributed by atoms with van der Waals surface area (Å²) >= 11 is 1.89. The van der Waals surface area contributed by atoms with Crippen molar-refractivity contribution in [1.29, 1.82) is 0 Å². The van der Waals surface area contributed by atoms with Crippen LogP contribution in [0.3, 0.4) is 0 Å². The van der Waals surface area contributed by atoms with Gasteiger partial charge in [0.1, 0.15) is 0 Å². The molecule has 22 heavy (non-hydrogen) atoms. The van der Waals surface area contributed by atoms with Crippen LogP contribution in [0.2, 0.25) is 0 Å². The number of thiophene rings is 1. The van der Waals surface area contributed by atoms with Gasteiger partial charge in [0.25, 0.3) is 0 Å². The summed E-state index contributed by atoms with van der Waals surface area (Å²) < 4.78 is 0. The molecule has 0 spiro atoms. The first-order valence-electron chi connectivity index (χ1n) is 6.51. The monoisotopic (exact) mass is 396 g/mol. The van der Waals surface area contributed by atoms with Crippen LogP contribution in [-0.2, 0) is 13.1 Å². The predicted octanol–water partition coefficient (Wildman–Crippen LogP) is 5.85. The third-order valence-corrected chi connectivity index (χ3v) is 3.81. The molecule has 0 N–H and O–H groups in total. The van der Waals surface area contributed by atoms with Crippen LogP contribution in [0.1, 0.15) is 26.4 Å². The molecule has 0 saturated carbocycles. The van der Waals surface area contributed by atoms with Crippen molar-refractivity contribution < 1.29 is 13.1 Å². The Hall–Kier alpha value is -0.641. The minimum absolute atomic E-state index is 0.194. The van der Waals surface area contributed by atoms with Crippen molar-refractivity contribution in [2.75, 3.05) is 7.05 Å². The van der Waals surface area contributed by atoms with Crippen LogP contribution >= 0.6 is 31.5 Å². The molecule has 0 unspecified atom stereocenters. The molecule has 1 aromatic heterocycles. The predicted molar refractivity (Wildman–Crippen MR) is 97.5 cm³/mol. The fourth-order valence-corrected chi connectivity index (χ4v) is 2.95. The third kappa shape index (κ3) is 6.23. The second-order valence-electron chi connectivity index (χ2n) is 4.68. The Bertz CT molecular complexity index is 643. The van der Waals surface area contributed by atoms with E-state index in [9.17, 15) is 0 Å². The minimum atomic E-state index is 0.194. The van der Waals surface area contributed by atoms with Gasteiger partial charge in [0, 0.05) is 29.2 Å². The van der Waals surface area contributed by atoms with E-state index in [1.54, 1.807) is 18.4 Å². The Morgan fingerprint density at radius 3 is 2.00 bits per heavy atom. The van der Waals surface area contributed by atoms with Gasteiger partial charge in [0.15, 0.2) is 0 Å². The average molecular weight is 397 g/mol. The van der Waals surface area contributed by atoms with E-state index < -0.39 is 0 Å². The number of hydrogen-bond donors (Lipinski definition) is 0. The molecule has 1 aromatic carbocycles. The van der Waals surface area contributed by atoms with Gasteiger partial charge in [-0.3, -0.25) is 9.98 Å². The second kappa shape index (κ2) is 10.2. The quantitative estimate of drug-likeness (QED) is 0.459. The molecule has 1 heterocycles. The van der Waals surface area contributed by atoms with Crippen molar-refractivity contribution in [3.8, 4) is 0 Å². The maximum absolute atomic E-state index is 4.76. The van der Waals surface area contributed by atoms with Crippen LogP contribution in [0.4, 0.5) is 5.69 Å². The number of benzene rings is 1. The van der Waals surface area contributed by atoms with Gasteiger partial charge in [0.2, 0.25) is 0 Å². The molecule has 2 rings (SSSR count). The van der Waals surface area contributed by atoms with Gasteiger partial charge in [-0.2, -0.15) is 0 Å². The Kier molecular flexibility index (Phi) is 8.99. The molecular weight excluding hydrogens is 379 g/mol. The first-order chi connectivity index (χ1) is 10.5. The van der Waals surface area contributed by atoms with Crippen LogP contribution in [0.25, 0.3) is 0 Å². The summed E-state index contributed by atoms with van der Waals surface area (Å²) in [4.78, 5) is 10.9. The number of aliphatic imine (C=N–C) groups is 2. The normalized spacial score (nSPS) is 11.2. The van der Waals surface area contributed by atoms with Gasteiger partial charge >= 0.3 is 33.3 Å². The molecule has 0 radical (unpaired) electrons. The Labute approximate surface area is 150 Å². The van der Waals surface area contributed by atoms with E-state index in [0.29, 0.717) is 0 Å². The number of nitrogens with zero attached hydrogens (tertiary/aromatic N) is 2. The Morgan fingerprint density at radius 1 is 1.00 bits per heavy atom. The number of aryl methyl sites for hydroxylation is 3. The van der Waals surface area contributed by atoms with Gasteiger partial charge < -0.3 is 0 Å². The molecule has 0 aliphatic heterocycles. The van der Waals surface area contributed by atoms with E-state index in [1.165, 1.54) is 16.7 Å². The van der Waals surface area contributed by atoms with Crippen molar-refractivity contribution in [2.24, 2.45) is 9.98 Å². The molecule has 0 aliphatic carbocycles. The fraction of sp³-hybridized carbons (Fsp3) is 0.250. The average Bonchev–Trinajstić information content (AvgIpc) is 2.86. The van der Waals surface area contributed by atoms with Crippen LogP contribution in [-0.4, -0.2) is 19.5 Å². The summed E-state index contributed by atoms with van der Waals surface area (Å²) in [7, 11) is 11.3. The SMILES string of the molecule is CN=Cc1ccc(C=Nc2c(C)cc(C)cc2C)s1.[Cl][Fe][Cl]. The molecule has 0 amide bonds. The first kappa shape index (κ1) is 19.4. The summed E-state index contributed by atoms with van der Waals surface area (Å²) in [5.41, 5.74) is 4.80. The molecule has 0 bridgehead atoms. The molecule has 0 saturated heterocycles. The Balaban J connectivity index is 0.000000745. The molecule has 120 valence electrons. The summed E-state index contributed by atoms with van der Waals surface area (Å²) in [5, 5.41) is 0. The summed E-state index contributed by atoms with van der Waals surface area (Å²) in [6, 6.07) is 8.48. The topological polar surface area (TPSA) is 24.7 Å². The van der Waals surface area contributed by atoms with E-state index in [2.05, 4.69) is 55.0 Å². The van der Waals surface area contributed by atoms with Gasteiger partial charge in [0.05, 0.1) is 5.69 Å². The summed E-state index contributed by atoms with van der Waals surface area (Å²) in [6.45, 7) is 6.33. The second-order valence-corrected chi connectivity index (χ2v) is 7.65. The Morgan fingerprint density at radius 2 is 1.50 bits per heavy atom. The molecule has 6 heteroatoms. The van der Waals surface area contributed by atoms with Gasteiger partial charge in [-0.05, 0) is 44.0 Å². The van der Waals surface area contributed by atoms with Gasteiger partial charge in [-0.15, -0.1) is 11.3 Å². The number of hydrogen-bond acceptors (Lipinski definition) is 3. The fourth-order valence-electron chi connectivity index (χ4n) is 2.14. The van der Waals surface area contributed by atoms with Crippen LogP contribution in [0.5, 0.6) is 0 Å². The molecular formula is C16H18Cl2FeN2S. The number of rotatable bonds is 3. The van der Waals surface area contributed by atoms with Crippen molar-refractivity contribution in [3.63, 3.8) is 0 Å². The van der Waals surface area contributed by atoms with Crippen LogP contribution in [0, 0.1) is 20.8 Å². The zero-order valence-electron chi connectivity index (χ0n) is 12.9. The molecule has 0 fully saturated rings. The summed E-state index contributed by atoms with van der Waals surface area (Å²) in [6.07, 6.45) is 3.80. The first-order valence-corrected chi connectivity index (χ1v) is 10.4. The zero-order chi connectivity index (χ0) is 16.5. The maximum atomic E-state index is 4.76. The standard InChI is InChI=1S/C16H18N2S.2ClH.Fe/c1-11-7-12(2)16(13(3)8-11)18-10-15-6-5-14(19-15)9-17-4;;;/h5-10H,1-4H3;2*1H;/q;;;+2/p-2. The van der Waals surface area contributed by atoms with E-state index in [-0.39, 0.29) is 13.1 Å². The van der Waals surface area contributed by atoms with E-state index in [1.807, 2.05) is 12.4 Å². The molecule has 2 aromatic rings.